The van der Waals surface area contributed by atoms with Crippen LogP contribution >= 0.6 is 0 Å². The van der Waals surface area contributed by atoms with Gasteiger partial charge >= 0.3 is 0 Å². The average molecular weight is 363 g/mol. The number of rotatable bonds is 5. The topological polar surface area (TPSA) is 23.5 Å². The van der Waals surface area contributed by atoms with Crippen LogP contribution in [0.1, 0.15) is 42.6 Å². The molecule has 3 aromatic carbocycles. The molecule has 1 fully saturated rings. The molecule has 0 aromatic heterocycles. The minimum atomic E-state index is -0.818. The summed E-state index contributed by atoms with van der Waals surface area (Å²) >= 11 is 0. The molecule has 1 aliphatic rings. The van der Waals surface area contributed by atoms with Crippen molar-refractivity contribution in [2.24, 2.45) is 0 Å². The summed E-state index contributed by atoms with van der Waals surface area (Å²) in [5.74, 6) is -0.329. The molecule has 140 valence electrons. The van der Waals surface area contributed by atoms with E-state index in [4.69, 9.17) is 0 Å². The number of nitrogens with zero attached hydrogens (tertiary/aromatic N) is 1. The van der Waals surface area contributed by atoms with E-state index in [1.807, 2.05) is 12.1 Å². The van der Waals surface area contributed by atoms with Gasteiger partial charge in [-0.2, -0.15) is 0 Å². The molecule has 0 radical (unpaired) electrons. The van der Waals surface area contributed by atoms with Gasteiger partial charge in [-0.1, -0.05) is 42.5 Å². The highest BCUT2D eigenvalue weighted by molar-refractivity contribution is 5.84. The number of benzene rings is 3. The number of fused-ring (bicyclic) bond motifs is 1. The molecule has 1 unspecified atom stereocenters. The smallest absolute Gasteiger partial charge is 0.123 e. The zero-order valence-corrected chi connectivity index (χ0v) is 15.7. The Labute approximate surface area is 160 Å². The quantitative estimate of drug-likeness (QED) is 0.683. The molecule has 3 aromatic rings. The molecule has 0 spiro atoms. The Balaban J connectivity index is 1.51. The van der Waals surface area contributed by atoms with Crippen molar-refractivity contribution in [3.05, 3.63) is 83.2 Å². The number of halogens is 1. The van der Waals surface area contributed by atoms with Gasteiger partial charge in [-0.3, -0.25) is 0 Å². The third kappa shape index (κ3) is 4.05. The molecule has 0 aliphatic carbocycles. The van der Waals surface area contributed by atoms with Gasteiger partial charge in [-0.05, 0) is 78.4 Å². The van der Waals surface area contributed by atoms with Crippen molar-refractivity contribution in [3.8, 4) is 0 Å². The minimum Gasteiger partial charge on any atom is -0.384 e. The second kappa shape index (κ2) is 7.79. The Morgan fingerprint density at radius 3 is 2.59 bits per heavy atom. The molecule has 4 rings (SSSR count). The van der Waals surface area contributed by atoms with Crippen molar-refractivity contribution in [1.29, 1.82) is 0 Å². The van der Waals surface area contributed by atoms with Crippen molar-refractivity contribution in [1.82, 2.24) is 4.90 Å². The highest BCUT2D eigenvalue weighted by Crippen LogP contribution is 2.27. The molecule has 1 aliphatic heterocycles. The van der Waals surface area contributed by atoms with Crippen LogP contribution < -0.4 is 0 Å². The van der Waals surface area contributed by atoms with E-state index in [0.717, 1.165) is 23.9 Å². The second-order valence-electron chi connectivity index (χ2n) is 7.68. The van der Waals surface area contributed by atoms with Crippen molar-refractivity contribution >= 4 is 10.8 Å². The van der Waals surface area contributed by atoms with Gasteiger partial charge in [0, 0.05) is 12.6 Å². The first-order valence-corrected chi connectivity index (χ1v) is 9.80. The largest absolute Gasteiger partial charge is 0.384 e. The fraction of sp³-hybridized carbons (Fsp3) is 0.333. The summed E-state index contributed by atoms with van der Waals surface area (Å²) in [5, 5.41) is 12.9. The maximum absolute atomic E-state index is 13.4. The van der Waals surface area contributed by atoms with E-state index in [0.29, 0.717) is 11.6 Å². The van der Waals surface area contributed by atoms with Gasteiger partial charge in [0.25, 0.3) is 0 Å². The Bertz CT molecular complexity index is 939. The molecular weight excluding hydrogens is 337 g/mol. The minimum absolute atomic E-state index is 0.329. The molecular formula is C24H26FNO. The highest BCUT2D eigenvalue weighted by Gasteiger charge is 2.19. The molecule has 1 N–H and O–H groups in total. The van der Waals surface area contributed by atoms with E-state index >= 15 is 0 Å². The van der Waals surface area contributed by atoms with Crippen molar-refractivity contribution in [2.75, 3.05) is 13.1 Å². The van der Waals surface area contributed by atoms with Crippen LogP contribution in [-0.4, -0.2) is 29.1 Å². The molecule has 2 atom stereocenters. The van der Waals surface area contributed by atoms with E-state index in [1.54, 1.807) is 12.1 Å². The summed E-state index contributed by atoms with van der Waals surface area (Å²) in [4.78, 5) is 2.57. The SMILES string of the molecule is C[C@H]1CCCN1CCc1ccc2cc(C(O)c3cccc(F)c3)ccc2c1. The van der Waals surface area contributed by atoms with E-state index < -0.39 is 6.10 Å². The van der Waals surface area contributed by atoms with Gasteiger partial charge in [0.2, 0.25) is 0 Å². The summed E-state index contributed by atoms with van der Waals surface area (Å²) in [7, 11) is 0. The molecule has 3 heteroatoms. The number of likely N-dealkylation sites (tertiary alicyclic amines) is 1. The third-order valence-corrected chi connectivity index (χ3v) is 5.79. The van der Waals surface area contributed by atoms with Gasteiger partial charge in [0.15, 0.2) is 0 Å². The first-order chi connectivity index (χ1) is 13.1. The Hall–Kier alpha value is -2.23. The van der Waals surface area contributed by atoms with Crippen LogP contribution in [0.15, 0.2) is 60.7 Å². The van der Waals surface area contributed by atoms with Crippen molar-refractivity contribution in [3.63, 3.8) is 0 Å². The molecule has 1 saturated heterocycles. The van der Waals surface area contributed by atoms with Gasteiger partial charge < -0.3 is 10.0 Å². The Morgan fingerprint density at radius 1 is 1.04 bits per heavy atom. The lowest BCUT2D eigenvalue weighted by atomic mass is 9.97. The predicted molar refractivity (Wildman–Crippen MR) is 108 cm³/mol. The van der Waals surface area contributed by atoms with Gasteiger partial charge in [-0.25, -0.2) is 4.39 Å². The normalized spacial score (nSPS) is 18.9. The molecule has 0 bridgehead atoms. The summed E-state index contributed by atoms with van der Waals surface area (Å²) in [6.07, 6.45) is 2.87. The lowest BCUT2D eigenvalue weighted by Gasteiger charge is -2.20. The lowest BCUT2D eigenvalue weighted by Crippen LogP contribution is -2.28. The third-order valence-electron chi connectivity index (χ3n) is 5.79. The standard InChI is InChI=1S/C24H26FNO/c1-17-4-3-12-26(17)13-11-18-7-8-20-15-22(10-9-19(20)14-18)24(27)21-5-2-6-23(25)16-21/h2,5-10,14-17,24,27H,3-4,11-13H2,1H3/t17-,24?/m0/s1. The summed E-state index contributed by atoms with van der Waals surface area (Å²) in [6.45, 7) is 4.65. The van der Waals surface area contributed by atoms with Gasteiger partial charge in [-0.15, -0.1) is 0 Å². The van der Waals surface area contributed by atoms with Crippen LogP contribution in [0.4, 0.5) is 4.39 Å². The molecule has 0 saturated carbocycles. The molecule has 1 heterocycles. The Morgan fingerprint density at radius 2 is 1.81 bits per heavy atom. The zero-order valence-electron chi connectivity index (χ0n) is 15.7. The van der Waals surface area contributed by atoms with E-state index in [2.05, 4.69) is 36.1 Å². The first-order valence-electron chi connectivity index (χ1n) is 9.80. The van der Waals surface area contributed by atoms with E-state index in [-0.39, 0.29) is 5.82 Å². The van der Waals surface area contributed by atoms with Crippen LogP contribution in [0.5, 0.6) is 0 Å². The highest BCUT2D eigenvalue weighted by atomic mass is 19.1. The first kappa shape index (κ1) is 18.1. The average Bonchev–Trinajstić information content (AvgIpc) is 3.10. The number of aliphatic hydroxyl groups is 1. The summed E-state index contributed by atoms with van der Waals surface area (Å²) in [5.41, 5.74) is 2.71. The van der Waals surface area contributed by atoms with Crippen molar-refractivity contribution < 1.29 is 9.50 Å². The van der Waals surface area contributed by atoms with Crippen LogP contribution in [0.25, 0.3) is 10.8 Å². The summed E-state index contributed by atoms with van der Waals surface area (Å²) in [6, 6.07) is 19.4. The Kier molecular flexibility index (Phi) is 5.24. The van der Waals surface area contributed by atoms with Crippen LogP contribution in [0.2, 0.25) is 0 Å². The fourth-order valence-corrected chi connectivity index (χ4v) is 4.11. The molecule has 0 amide bonds. The molecule has 27 heavy (non-hydrogen) atoms. The second-order valence-corrected chi connectivity index (χ2v) is 7.68. The van der Waals surface area contributed by atoms with Crippen molar-refractivity contribution in [2.45, 2.75) is 38.3 Å². The maximum atomic E-state index is 13.4. The zero-order chi connectivity index (χ0) is 18.8. The van der Waals surface area contributed by atoms with Gasteiger partial charge in [0.05, 0.1) is 0 Å². The van der Waals surface area contributed by atoms with E-state index in [1.165, 1.54) is 42.5 Å². The predicted octanol–water partition coefficient (Wildman–Crippen LogP) is 5.09. The van der Waals surface area contributed by atoms with Crippen LogP contribution in [0, 0.1) is 5.82 Å². The van der Waals surface area contributed by atoms with Crippen LogP contribution in [0.3, 0.4) is 0 Å². The lowest BCUT2D eigenvalue weighted by molar-refractivity contribution is 0.220. The van der Waals surface area contributed by atoms with Crippen LogP contribution in [-0.2, 0) is 6.42 Å². The van der Waals surface area contributed by atoms with E-state index in [9.17, 15) is 9.50 Å². The maximum Gasteiger partial charge on any atom is 0.123 e. The fourth-order valence-electron chi connectivity index (χ4n) is 4.11. The number of hydrogen-bond donors (Lipinski definition) is 1. The number of aliphatic hydroxyl groups excluding tert-OH is 1. The number of hydrogen-bond acceptors (Lipinski definition) is 2. The van der Waals surface area contributed by atoms with Gasteiger partial charge in [0.1, 0.15) is 11.9 Å². The molecule has 2 nitrogen and oxygen atoms in total. The monoisotopic (exact) mass is 363 g/mol. The summed E-state index contributed by atoms with van der Waals surface area (Å²) < 4.78 is 13.4.